The van der Waals surface area contributed by atoms with Crippen molar-refractivity contribution >= 4 is 0 Å². The summed E-state index contributed by atoms with van der Waals surface area (Å²) in [5, 5.41) is 3.33. The maximum Gasteiger partial charge on any atom is 0.0370 e. The summed E-state index contributed by atoms with van der Waals surface area (Å²) < 4.78 is 0. The molecule has 1 saturated heterocycles. The molecule has 0 aromatic heterocycles. The normalized spacial score (nSPS) is 25.3. The fraction of sp³-hybridized carbons (Fsp3) is 0.400. The zero-order chi connectivity index (χ0) is 8.10. The number of rotatable bonds is 1. The first-order valence-corrected chi connectivity index (χ1v) is 4.11. The van der Waals surface area contributed by atoms with Crippen molar-refractivity contribution in [1.29, 1.82) is 0 Å². The maximum absolute atomic E-state index is 3.33. The van der Waals surface area contributed by atoms with Crippen LogP contribution in [0.15, 0.2) is 35.6 Å². The summed E-state index contributed by atoms with van der Waals surface area (Å²) in [6, 6.07) is 0. The molecule has 1 N–H and O–H groups in total. The molecule has 1 rings (SSSR count). The van der Waals surface area contributed by atoms with Gasteiger partial charge in [-0.05, 0) is 31.9 Å². The van der Waals surface area contributed by atoms with Gasteiger partial charge in [0.2, 0.25) is 0 Å². The van der Waals surface area contributed by atoms with E-state index in [1.54, 1.807) is 0 Å². The lowest BCUT2D eigenvalue weighted by molar-refractivity contribution is 0.915. The van der Waals surface area contributed by atoms with Crippen LogP contribution < -0.4 is 5.32 Å². The van der Waals surface area contributed by atoms with Crippen molar-refractivity contribution in [2.75, 3.05) is 6.54 Å². The zero-order valence-electron chi connectivity index (χ0n) is 7.22. The lowest BCUT2D eigenvalue weighted by Gasteiger charge is -1.97. The molecule has 1 heterocycles. The third-order valence-corrected chi connectivity index (χ3v) is 1.86. The van der Waals surface area contributed by atoms with E-state index in [9.17, 15) is 0 Å². The number of hydrogen-bond acceptors (Lipinski definition) is 1. The van der Waals surface area contributed by atoms with Crippen molar-refractivity contribution in [3.8, 4) is 0 Å². The van der Waals surface area contributed by atoms with Gasteiger partial charge in [-0.15, -0.1) is 0 Å². The lowest BCUT2D eigenvalue weighted by Crippen LogP contribution is -2.03. The monoisotopic (exact) mass is 149 g/mol. The van der Waals surface area contributed by atoms with Crippen LogP contribution >= 0.6 is 0 Å². The van der Waals surface area contributed by atoms with E-state index in [0.717, 1.165) is 6.54 Å². The van der Waals surface area contributed by atoms with E-state index >= 15 is 0 Å². The van der Waals surface area contributed by atoms with E-state index in [1.807, 2.05) is 13.0 Å². The van der Waals surface area contributed by atoms with Gasteiger partial charge in [0.1, 0.15) is 0 Å². The number of allylic oxidation sites excluding steroid dienone is 5. The molecule has 0 amide bonds. The third-order valence-electron chi connectivity index (χ3n) is 1.86. The van der Waals surface area contributed by atoms with E-state index in [4.69, 9.17) is 0 Å². The Morgan fingerprint density at radius 1 is 1.36 bits per heavy atom. The van der Waals surface area contributed by atoms with Crippen LogP contribution in [-0.2, 0) is 0 Å². The number of nitrogens with one attached hydrogen (secondary N) is 1. The molecule has 0 spiro atoms. The summed E-state index contributed by atoms with van der Waals surface area (Å²) in [4.78, 5) is 0. The molecule has 0 radical (unpaired) electrons. The zero-order valence-corrected chi connectivity index (χ0v) is 7.22. The van der Waals surface area contributed by atoms with Gasteiger partial charge in [0.05, 0.1) is 0 Å². The van der Waals surface area contributed by atoms with E-state index in [2.05, 4.69) is 30.5 Å². The summed E-state index contributed by atoms with van der Waals surface area (Å²) in [7, 11) is 0. The quantitative estimate of drug-likeness (QED) is 0.603. The highest BCUT2D eigenvalue weighted by Crippen LogP contribution is 2.16. The van der Waals surface area contributed by atoms with Crippen molar-refractivity contribution in [1.82, 2.24) is 5.32 Å². The summed E-state index contributed by atoms with van der Waals surface area (Å²) in [6.45, 7) is 5.20. The highest BCUT2D eigenvalue weighted by Gasteiger charge is 2.09. The highest BCUT2D eigenvalue weighted by molar-refractivity contribution is 5.35. The SMILES string of the molecule is C\C=C/C=C1/NCC/C1=C/C. The van der Waals surface area contributed by atoms with Crippen molar-refractivity contribution in [3.63, 3.8) is 0 Å². The Morgan fingerprint density at radius 2 is 2.18 bits per heavy atom. The second-order valence-electron chi connectivity index (χ2n) is 2.60. The van der Waals surface area contributed by atoms with Gasteiger partial charge in [0.15, 0.2) is 0 Å². The molecule has 0 aromatic carbocycles. The molecular weight excluding hydrogens is 134 g/mol. The molecule has 60 valence electrons. The van der Waals surface area contributed by atoms with Gasteiger partial charge in [-0.3, -0.25) is 0 Å². The summed E-state index contributed by atoms with van der Waals surface area (Å²) in [6.07, 6.45) is 9.58. The largest absolute Gasteiger partial charge is 0.384 e. The van der Waals surface area contributed by atoms with E-state index in [0.29, 0.717) is 0 Å². The van der Waals surface area contributed by atoms with Crippen LogP contribution in [0.1, 0.15) is 20.3 Å². The van der Waals surface area contributed by atoms with Gasteiger partial charge < -0.3 is 5.32 Å². The smallest absolute Gasteiger partial charge is 0.0370 e. The minimum atomic E-state index is 1.09. The van der Waals surface area contributed by atoms with Gasteiger partial charge in [0, 0.05) is 12.2 Å². The van der Waals surface area contributed by atoms with Gasteiger partial charge in [0.25, 0.3) is 0 Å². The number of hydrogen-bond donors (Lipinski definition) is 1. The fourth-order valence-electron chi connectivity index (χ4n) is 1.24. The summed E-state index contributed by atoms with van der Waals surface area (Å²) >= 11 is 0. The molecule has 0 aromatic rings. The predicted molar refractivity (Wildman–Crippen MR) is 49.3 cm³/mol. The van der Waals surface area contributed by atoms with Crippen molar-refractivity contribution in [2.24, 2.45) is 0 Å². The van der Waals surface area contributed by atoms with Crippen molar-refractivity contribution < 1.29 is 0 Å². The third kappa shape index (κ3) is 1.97. The molecule has 1 aliphatic heterocycles. The van der Waals surface area contributed by atoms with E-state index < -0.39 is 0 Å². The predicted octanol–water partition coefficient (Wildman–Crippen LogP) is 2.39. The molecule has 0 unspecified atom stereocenters. The molecule has 1 fully saturated rings. The van der Waals surface area contributed by atoms with Crippen LogP contribution in [0.5, 0.6) is 0 Å². The van der Waals surface area contributed by atoms with Crippen molar-refractivity contribution in [3.05, 3.63) is 35.6 Å². The van der Waals surface area contributed by atoms with Gasteiger partial charge in [-0.2, -0.15) is 0 Å². The Hall–Kier alpha value is -0.980. The lowest BCUT2D eigenvalue weighted by atomic mass is 10.2. The first-order chi connectivity index (χ1) is 5.38. The first kappa shape index (κ1) is 8.12. The van der Waals surface area contributed by atoms with Gasteiger partial charge >= 0.3 is 0 Å². The fourth-order valence-corrected chi connectivity index (χ4v) is 1.24. The molecule has 1 nitrogen and oxygen atoms in total. The molecule has 0 saturated carbocycles. The Morgan fingerprint density at radius 3 is 2.82 bits per heavy atom. The highest BCUT2D eigenvalue weighted by atomic mass is 14.9. The van der Waals surface area contributed by atoms with Crippen LogP contribution in [-0.4, -0.2) is 6.54 Å². The Bertz CT molecular complexity index is 209. The Kier molecular flexibility index (Phi) is 2.96. The second-order valence-corrected chi connectivity index (χ2v) is 2.60. The second kappa shape index (κ2) is 4.02. The van der Waals surface area contributed by atoms with Crippen LogP contribution in [0.3, 0.4) is 0 Å². The van der Waals surface area contributed by atoms with Gasteiger partial charge in [-0.1, -0.05) is 18.2 Å². The molecule has 0 bridgehead atoms. The van der Waals surface area contributed by atoms with Crippen LogP contribution in [0, 0.1) is 0 Å². The van der Waals surface area contributed by atoms with Crippen LogP contribution in [0.25, 0.3) is 0 Å². The minimum Gasteiger partial charge on any atom is -0.384 e. The van der Waals surface area contributed by atoms with Crippen LogP contribution in [0.2, 0.25) is 0 Å². The van der Waals surface area contributed by atoms with E-state index in [-0.39, 0.29) is 0 Å². The molecule has 0 atom stereocenters. The van der Waals surface area contributed by atoms with E-state index in [1.165, 1.54) is 17.7 Å². The average Bonchev–Trinajstić information content (AvgIpc) is 2.47. The summed E-state index contributed by atoms with van der Waals surface area (Å²) in [5.41, 5.74) is 2.72. The Labute approximate surface area is 68.5 Å². The molecule has 1 aliphatic rings. The minimum absolute atomic E-state index is 1.09. The Balaban J connectivity index is 2.71. The maximum atomic E-state index is 3.33. The topological polar surface area (TPSA) is 12.0 Å². The molecular formula is C10H15N. The molecule has 0 aliphatic carbocycles. The molecule has 11 heavy (non-hydrogen) atoms. The van der Waals surface area contributed by atoms with Gasteiger partial charge in [-0.25, -0.2) is 0 Å². The first-order valence-electron chi connectivity index (χ1n) is 4.11. The summed E-state index contributed by atoms with van der Waals surface area (Å²) in [5.74, 6) is 0. The van der Waals surface area contributed by atoms with Crippen molar-refractivity contribution in [2.45, 2.75) is 20.3 Å². The standard InChI is InChI=1S/C10H15N/c1-3-5-6-10-9(4-2)7-8-11-10/h3-6,11H,7-8H2,1-2H3/b5-3-,9-4-,10-6+. The molecule has 1 heteroatoms. The average molecular weight is 149 g/mol. The van der Waals surface area contributed by atoms with Crippen LogP contribution in [0.4, 0.5) is 0 Å².